The van der Waals surface area contributed by atoms with Crippen molar-refractivity contribution in [2.24, 2.45) is 0 Å². The van der Waals surface area contributed by atoms with Gasteiger partial charge in [0.2, 0.25) is 0 Å². The van der Waals surface area contributed by atoms with Crippen LogP contribution in [-0.2, 0) is 4.74 Å². The summed E-state index contributed by atoms with van der Waals surface area (Å²) in [5, 5.41) is 3.07. The molecule has 4 heteroatoms. The molecule has 0 bridgehead atoms. The molecule has 1 N–H and O–H groups in total. The number of benzene rings is 2. The summed E-state index contributed by atoms with van der Waals surface area (Å²) in [6.07, 6.45) is 1.33. The highest BCUT2D eigenvalue weighted by Crippen LogP contribution is 2.32. The van der Waals surface area contributed by atoms with Crippen LogP contribution in [0.4, 0.5) is 4.79 Å². The van der Waals surface area contributed by atoms with Crippen molar-refractivity contribution in [2.45, 2.75) is 39.3 Å². The Morgan fingerprint density at radius 2 is 1.57 bits per heavy atom. The van der Waals surface area contributed by atoms with E-state index in [1.165, 1.54) is 0 Å². The maximum absolute atomic E-state index is 12.6. The second kappa shape index (κ2) is 8.26. The van der Waals surface area contributed by atoms with Crippen LogP contribution in [0, 0.1) is 6.92 Å². The Labute approximate surface area is 166 Å². The van der Waals surface area contributed by atoms with Gasteiger partial charge in [0.05, 0.1) is 11.7 Å². The maximum Gasteiger partial charge on any atom is 0.408 e. The number of ether oxygens (including phenoxy) is 1. The first-order chi connectivity index (χ1) is 13.3. The number of carbonyl (C=O) groups excluding carboxylic acids is 1. The van der Waals surface area contributed by atoms with Gasteiger partial charge >= 0.3 is 6.09 Å². The summed E-state index contributed by atoms with van der Waals surface area (Å²) in [6, 6.07) is 21.5. The van der Waals surface area contributed by atoms with Gasteiger partial charge < -0.3 is 10.1 Å². The van der Waals surface area contributed by atoms with Gasteiger partial charge in [0.25, 0.3) is 0 Å². The van der Waals surface area contributed by atoms with Crippen LogP contribution in [0.5, 0.6) is 0 Å². The summed E-state index contributed by atoms with van der Waals surface area (Å²) in [5.74, 6) is 0. The fourth-order valence-electron chi connectivity index (χ4n) is 3.16. The van der Waals surface area contributed by atoms with E-state index < -0.39 is 11.7 Å². The third-order valence-corrected chi connectivity index (χ3v) is 4.37. The molecule has 28 heavy (non-hydrogen) atoms. The monoisotopic (exact) mass is 374 g/mol. The molecule has 3 aromatic rings. The number of amides is 1. The number of hydrogen-bond donors (Lipinski definition) is 1. The second-order valence-corrected chi connectivity index (χ2v) is 7.74. The fraction of sp³-hybridized carbons (Fsp3) is 0.250. The zero-order valence-corrected chi connectivity index (χ0v) is 16.8. The van der Waals surface area contributed by atoms with Gasteiger partial charge in [-0.1, -0.05) is 54.6 Å². The van der Waals surface area contributed by atoms with E-state index in [4.69, 9.17) is 4.74 Å². The zero-order valence-electron chi connectivity index (χ0n) is 16.8. The smallest absolute Gasteiger partial charge is 0.408 e. The highest BCUT2D eigenvalue weighted by Gasteiger charge is 2.25. The number of alkyl carbamates (subject to hydrolysis) is 1. The van der Waals surface area contributed by atoms with E-state index in [0.717, 1.165) is 27.9 Å². The first kappa shape index (κ1) is 19.6. The van der Waals surface area contributed by atoms with Crippen LogP contribution in [0.15, 0.2) is 72.9 Å². The Kier molecular flexibility index (Phi) is 5.78. The van der Waals surface area contributed by atoms with Crippen molar-refractivity contribution in [3.05, 3.63) is 89.6 Å². The van der Waals surface area contributed by atoms with E-state index in [9.17, 15) is 4.79 Å². The van der Waals surface area contributed by atoms with E-state index in [1.807, 2.05) is 94.4 Å². The van der Waals surface area contributed by atoms with Gasteiger partial charge in [-0.2, -0.15) is 0 Å². The van der Waals surface area contributed by atoms with Crippen molar-refractivity contribution in [3.8, 4) is 11.3 Å². The lowest BCUT2D eigenvalue weighted by molar-refractivity contribution is 0.0512. The van der Waals surface area contributed by atoms with Gasteiger partial charge in [0.1, 0.15) is 5.60 Å². The average molecular weight is 374 g/mol. The molecule has 4 nitrogen and oxygen atoms in total. The molecule has 1 heterocycles. The lowest BCUT2D eigenvalue weighted by Gasteiger charge is -2.26. The number of nitrogens with one attached hydrogen (secondary N) is 1. The van der Waals surface area contributed by atoms with E-state index in [1.54, 1.807) is 6.20 Å². The van der Waals surface area contributed by atoms with Crippen LogP contribution in [0.25, 0.3) is 11.3 Å². The number of nitrogens with zero attached hydrogens (tertiary/aromatic N) is 1. The summed E-state index contributed by atoms with van der Waals surface area (Å²) in [5.41, 5.74) is 4.37. The molecule has 0 fully saturated rings. The third-order valence-electron chi connectivity index (χ3n) is 4.37. The SMILES string of the molecule is Cc1ccccc1C(NC(=O)OC(C)(C)C)c1ccccc1-c1ccccn1. The van der Waals surface area contributed by atoms with Crippen molar-refractivity contribution in [1.82, 2.24) is 10.3 Å². The Balaban J connectivity index is 2.08. The number of carbonyl (C=O) groups is 1. The molecule has 0 aliphatic rings. The zero-order chi connectivity index (χ0) is 20.1. The predicted molar refractivity (Wildman–Crippen MR) is 112 cm³/mol. The van der Waals surface area contributed by atoms with Crippen LogP contribution < -0.4 is 5.32 Å². The number of hydrogen-bond acceptors (Lipinski definition) is 3. The van der Waals surface area contributed by atoms with Gasteiger partial charge in [-0.25, -0.2) is 4.79 Å². The standard InChI is InChI=1S/C24H26N2O2/c1-17-11-5-6-12-18(17)22(26-23(27)28-24(2,3)4)20-14-8-7-13-19(20)21-15-9-10-16-25-21/h5-16,22H,1-4H3,(H,26,27). The minimum atomic E-state index is -0.569. The maximum atomic E-state index is 12.6. The minimum Gasteiger partial charge on any atom is -0.444 e. The van der Waals surface area contributed by atoms with Gasteiger partial charge in [-0.15, -0.1) is 0 Å². The predicted octanol–water partition coefficient (Wildman–Crippen LogP) is 5.67. The Morgan fingerprint density at radius 3 is 2.21 bits per heavy atom. The minimum absolute atomic E-state index is 0.353. The molecular weight excluding hydrogens is 348 g/mol. The van der Waals surface area contributed by atoms with Crippen LogP contribution in [0.1, 0.15) is 43.5 Å². The van der Waals surface area contributed by atoms with Crippen molar-refractivity contribution < 1.29 is 9.53 Å². The average Bonchev–Trinajstić information content (AvgIpc) is 2.66. The normalized spacial score (nSPS) is 12.3. The number of aryl methyl sites for hydroxylation is 1. The molecule has 1 aromatic heterocycles. The lowest BCUT2D eigenvalue weighted by Crippen LogP contribution is -2.35. The van der Waals surface area contributed by atoms with Crippen LogP contribution >= 0.6 is 0 Å². The molecule has 0 spiro atoms. The molecule has 144 valence electrons. The quantitative estimate of drug-likeness (QED) is 0.640. The summed E-state index contributed by atoms with van der Waals surface area (Å²) >= 11 is 0. The molecule has 1 unspecified atom stereocenters. The first-order valence-electron chi connectivity index (χ1n) is 9.40. The Bertz CT molecular complexity index is 946. The van der Waals surface area contributed by atoms with Crippen molar-refractivity contribution in [1.29, 1.82) is 0 Å². The Hall–Kier alpha value is -3.14. The number of pyridine rings is 1. The highest BCUT2D eigenvalue weighted by molar-refractivity contribution is 5.72. The molecule has 0 saturated carbocycles. The Morgan fingerprint density at radius 1 is 0.929 bits per heavy atom. The van der Waals surface area contributed by atoms with Gasteiger partial charge in [0.15, 0.2) is 0 Å². The molecule has 0 aliphatic heterocycles. The molecule has 1 atom stereocenters. The number of rotatable bonds is 4. The van der Waals surface area contributed by atoms with E-state index >= 15 is 0 Å². The third kappa shape index (κ3) is 4.77. The van der Waals surface area contributed by atoms with E-state index in [2.05, 4.69) is 10.3 Å². The largest absolute Gasteiger partial charge is 0.444 e. The second-order valence-electron chi connectivity index (χ2n) is 7.74. The van der Waals surface area contributed by atoms with Crippen molar-refractivity contribution >= 4 is 6.09 Å². The molecule has 0 saturated heterocycles. The molecular formula is C24H26N2O2. The van der Waals surface area contributed by atoms with Gasteiger partial charge in [-0.05, 0) is 56.5 Å². The van der Waals surface area contributed by atoms with Crippen LogP contribution in [0.2, 0.25) is 0 Å². The van der Waals surface area contributed by atoms with Crippen molar-refractivity contribution in [2.75, 3.05) is 0 Å². The van der Waals surface area contributed by atoms with E-state index in [-0.39, 0.29) is 6.04 Å². The molecule has 2 aromatic carbocycles. The first-order valence-corrected chi connectivity index (χ1v) is 9.40. The number of aromatic nitrogens is 1. The molecule has 0 radical (unpaired) electrons. The topological polar surface area (TPSA) is 51.2 Å². The van der Waals surface area contributed by atoms with Crippen LogP contribution in [-0.4, -0.2) is 16.7 Å². The molecule has 1 amide bonds. The summed E-state index contributed by atoms with van der Waals surface area (Å²) in [7, 11) is 0. The van der Waals surface area contributed by atoms with Gasteiger partial charge in [-0.3, -0.25) is 4.98 Å². The fourth-order valence-corrected chi connectivity index (χ4v) is 3.16. The van der Waals surface area contributed by atoms with Crippen molar-refractivity contribution in [3.63, 3.8) is 0 Å². The lowest BCUT2D eigenvalue weighted by atomic mass is 9.90. The van der Waals surface area contributed by atoms with E-state index in [0.29, 0.717) is 0 Å². The summed E-state index contributed by atoms with van der Waals surface area (Å²) < 4.78 is 5.53. The summed E-state index contributed by atoms with van der Waals surface area (Å²) in [6.45, 7) is 7.62. The highest BCUT2D eigenvalue weighted by atomic mass is 16.6. The molecule has 3 rings (SSSR count). The molecule has 0 aliphatic carbocycles. The summed E-state index contributed by atoms with van der Waals surface area (Å²) in [4.78, 5) is 17.1. The van der Waals surface area contributed by atoms with Crippen LogP contribution in [0.3, 0.4) is 0 Å². The van der Waals surface area contributed by atoms with Gasteiger partial charge in [0, 0.05) is 11.8 Å².